The highest BCUT2D eigenvalue weighted by Crippen LogP contribution is 2.49. The first kappa shape index (κ1) is 7.65. The van der Waals surface area contributed by atoms with E-state index in [9.17, 15) is 0 Å². The first-order valence-corrected chi connectivity index (χ1v) is 4.38. The maximum Gasteiger partial charge on any atom is 0.145 e. The van der Waals surface area contributed by atoms with Crippen LogP contribution in [0, 0.1) is 5.41 Å². The molecule has 3 heteroatoms. The van der Waals surface area contributed by atoms with Crippen LogP contribution in [0.1, 0.15) is 38.3 Å². The lowest BCUT2D eigenvalue weighted by molar-refractivity contribution is 0.148. The highest BCUT2D eigenvalue weighted by atomic mass is 15.2. The topological polar surface area (TPSA) is 54.7 Å². The van der Waals surface area contributed by atoms with Crippen molar-refractivity contribution in [1.29, 1.82) is 0 Å². The lowest BCUT2D eigenvalue weighted by Gasteiger charge is -2.41. The third-order valence-electron chi connectivity index (χ3n) is 2.66. The Kier molecular flexibility index (Phi) is 1.43. The van der Waals surface area contributed by atoms with Crippen LogP contribution in [-0.2, 0) is 0 Å². The molecule has 0 radical (unpaired) electrons. The molecular weight excluding hydrogens is 150 g/mol. The minimum Gasteiger partial charge on any atom is -0.382 e. The predicted octanol–water partition coefficient (Wildman–Crippen LogP) is 1.90. The first-order chi connectivity index (χ1) is 5.57. The van der Waals surface area contributed by atoms with Crippen molar-refractivity contribution >= 4 is 5.82 Å². The molecule has 0 unspecified atom stereocenters. The Balaban J connectivity index is 2.06. The number of nitrogens with one attached hydrogen (secondary N) is 1. The standard InChI is InChI=1S/C9H15N3/c1-9(2)4-6(5-9)7-3-8(10)12-11-7/h3,6H,4-5H2,1-2H3,(H3,10,11,12). The van der Waals surface area contributed by atoms with Crippen molar-refractivity contribution in [2.45, 2.75) is 32.6 Å². The summed E-state index contributed by atoms with van der Waals surface area (Å²) in [4.78, 5) is 0. The number of hydrogen-bond donors (Lipinski definition) is 2. The van der Waals surface area contributed by atoms with E-state index in [-0.39, 0.29) is 0 Å². The van der Waals surface area contributed by atoms with Crippen molar-refractivity contribution in [3.8, 4) is 0 Å². The van der Waals surface area contributed by atoms with E-state index in [0.717, 1.165) is 0 Å². The maximum atomic E-state index is 5.52. The van der Waals surface area contributed by atoms with Gasteiger partial charge in [-0.2, -0.15) is 5.10 Å². The van der Waals surface area contributed by atoms with Crippen LogP contribution in [0.5, 0.6) is 0 Å². The number of aromatic nitrogens is 2. The Morgan fingerprint density at radius 1 is 1.58 bits per heavy atom. The van der Waals surface area contributed by atoms with Crippen molar-refractivity contribution in [2.75, 3.05) is 5.73 Å². The van der Waals surface area contributed by atoms with Crippen LogP contribution in [0.3, 0.4) is 0 Å². The van der Waals surface area contributed by atoms with E-state index in [2.05, 4.69) is 24.0 Å². The minimum atomic E-state index is 0.518. The first-order valence-electron chi connectivity index (χ1n) is 4.38. The van der Waals surface area contributed by atoms with Crippen LogP contribution < -0.4 is 5.73 Å². The second-order valence-electron chi connectivity index (χ2n) is 4.52. The number of anilines is 1. The van der Waals surface area contributed by atoms with Gasteiger partial charge in [-0.25, -0.2) is 0 Å². The summed E-state index contributed by atoms with van der Waals surface area (Å²) in [5, 5.41) is 6.89. The molecule has 0 saturated heterocycles. The molecule has 1 aliphatic rings. The van der Waals surface area contributed by atoms with Crippen LogP contribution in [0.4, 0.5) is 5.82 Å². The summed E-state index contributed by atoms with van der Waals surface area (Å²) in [5.41, 5.74) is 7.24. The van der Waals surface area contributed by atoms with E-state index < -0.39 is 0 Å². The van der Waals surface area contributed by atoms with E-state index in [1.807, 2.05) is 6.07 Å². The fraction of sp³-hybridized carbons (Fsp3) is 0.667. The van der Waals surface area contributed by atoms with Gasteiger partial charge in [0.15, 0.2) is 0 Å². The van der Waals surface area contributed by atoms with Gasteiger partial charge in [0.1, 0.15) is 5.82 Å². The van der Waals surface area contributed by atoms with Crippen molar-refractivity contribution < 1.29 is 0 Å². The average molecular weight is 165 g/mol. The molecule has 1 fully saturated rings. The van der Waals surface area contributed by atoms with Gasteiger partial charge < -0.3 is 5.73 Å². The highest BCUT2D eigenvalue weighted by Gasteiger charge is 2.37. The van der Waals surface area contributed by atoms with Crippen LogP contribution >= 0.6 is 0 Å². The number of rotatable bonds is 1. The second kappa shape index (κ2) is 2.25. The zero-order valence-corrected chi connectivity index (χ0v) is 7.59. The fourth-order valence-electron chi connectivity index (χ4n) is 2.06. The summed E-state index contributed by atoms with van der Waals surface area (Å²) in [6, 6.07) is 1.94. The Labute approximate surface area is 72.4 Å². The lowest BCUT2D eigenvalue weighted by atomic mass is 9.63. The Morgan fingerprint density at radius 2 is 2.25 bits per heavy atom. The van der Waals surface area contributed by atoms with Crippen molar-refractivity contribution in [3.05, 3.63) is 11.8 Å². The number of nitrogens with two attached hydrogens (primary N) is 1. The van der Waals surface area contributed by atoms with Crippen LogP contribution in [-0.4, -0.2) is 10.2 Å². The Bertz CT molecular complexity index is 280. The van der Waals surface area contributed by atoms with Crippen molar-refractivity contribution in [3.63, 3.8) is 0 Å². The van der Waals surface area contributed by atoms with Gasteiger partial charge >= 0.3 is 0 Å². The summed E-state index contributed by atoms with van der Waals surface area (Å²) in [6.45, 7) is 4.59. The van der Waals surface area contributed by atoms with Gasteiger partial charge in [-0.15, -0.1) is 0 Å². The normalized spacial score (nSPS) is 22.2. The number of aromatic amines is 1. The Morgan fingerprint density at radius 3 is 2.67 bits per heavy atom. The zero-order valence-electron chi connectivity index (χ0n) is 7.59. The van der Waals surface area contributed by atoms with Crippen molar-refractivity contribution in [2.24, 2.45) is 5.41 Å². The van der Waals surface area contributed by atoms with Gasteiger partial charge in [0.05, 0.1) is 0 Å². The molecule has 1 saturated carbocycles. The largest absolute Gasteiger partial charge is 0.382 e. The van der Waals surface area contributed by atoms with Crippen LogP contribution in [0.15, 0.2) is 6.07 Å². The third-order valence-corrected chi connectivity index (χ3v) is 2.66. The summed E-state index contributed by atoms with van der Waals surface area (Å²) in [6.07, 6.45) is 2.49. The molecule has 0 aromatic carbocycles. The molecule has 0 bridgehead atoms. The van der Waals surface area contributed by atoms with Gasteiger partial charge in [-0.05, 0) is 18.3 Å². The SMILES string of the molecule is CC1(C)CC(c2cc(N)n[nH]2)C1. The third kappa shape index (κ3) is 1.19. The van der Waals surface area contributed by atoms with E-state index in [1.54, 1.807) is 0 Å². The molecule has 0 spiro atoms. The second-order valence-corrected chi connectivity index (χ2v) is 4.52. The molecule has 66 valence electrons. The number of hydrogen-bond acceptors (Lipinski definition) is 2. The van der Waals surface area contributed by atoms with Crippen molar-refractivity contribution in [1.82, 2.24) is 10.2 Å². The molecule has 1 aliphatic carbocycles. The van der Waals surface area contributed by atoms with E-state index in [4.69, 9.17) is 5.73 Å². The maximum absolute atomic E-state index is 5.52. The average Bonchev–Trinajstić information content (AvgIpc) is 2.30. The molecule has 1 aromatic rings. The predicted molar refractivity (Wildman–Crippen MR) is 48.8 cm³/mol. The molecule has 1 heterocycles. The molecule has 0 amide bonds. The Hall–Kier alpha value is -0.990. The molecule has 12 heavy (non-hydrogen) atoms. The minimum absolute atomic E-state index is 0.518. The molecule has 3 nitrogen and oxygen atoms in total. The van der Waals surface area contributed by atoms with Gasteiger partial charge in [0, 0.05) is 17.7 Å². The van der Waals surface area contributed by atoms with E-state index in [1.165, 1.54) is 18.5 Å². The fourth-order valence-corrected chi connectivity index (χ4v) is 2.06. The van der Waals surface area contributed by atoms with Gasteiger partial charge in [0.2, 0.25) is 0 Å². The van der Waals surface area contributed by atoms with Gasteiger partial charge in [0.25, 0.3) is 0 Å². The van der Waals surface area contributed by atoms with Gasteiger partial charge in [-0.3, -0.25) is 5.10 Å². The van der Waals surface area contributed by atoms with Gasteiger partial charge in [-0.1, -0.05) is 13.8 Å². The lowest BCUT2D eigenvalue weighted by Crippen LogP contribution is -2.29. The summed E-state index contributed by atoms with van der Waals surface area (Å²) in [5.74, 6) is 1.26. The summed E-state index contributed by atoms with van der Waals surface area (Å²) < 4.78 is 0. The number of H-pyrrole nitrogens is 1. The molecular formula is C9H15N3. The van der Waals surface area contributed by atoms with E-state index in [0.29, 0.717) is 17.2 Å². The number of nitrogen functional groups attached to an aromatic ring is 1. The van der Waals surface area contributed by atoms with Crippen LogP contribution in [0.2, 0.25) is 0 Å². The molecule has 0 aliphatic heterocycles. The molecule has 2 rings (SSSR count). The smallest absolute Gasteiger partial charge is 0.145 e. The quantitative estimate of drug-likeness (QED) is 0.667. The monoisotopic (exact) mass is 165 g/mol. The number of nitrogens with zero attached hydrogens (tertiary/aromatic N) is 1. The molecule has 0 atom stereocenters. The summed E-state index contributed by atoms with van der Waals surface area (Å²) >= 11 is 0. The molecule has 1 aromatic heterocycles. The van der Waals surface area contributed by atoms with Crippen LogP contribution in [0.25, 0.3) is 0 Å². The highest BCUT2D eigenvalue weighted by molar-refractivity contribution is 5.31. The zero-order chi connectivity index (χ0) is 8.77. The summed E-state index contributed by atoms with van der Waals surface area (Å²) in [7, 11) is 0. The van der Waals surface area contributed by atoms with E-state index >= 15 is 0 Å². The molecule has 3 N–H and O–H groups in total.